The topological polar surface area (TPSA) is 55.2 Å². The number of thioether (sulfide) groups is 1. The molecule has 0 aliphatic rings. The van der Waals surface area contributed by atoms with Crippen LogP contribution in [0.15, 0.2) is 52.3 Å². The van der Waals surface area contributed by atoms with Gasteiger partial charge in [-0.2, -0.15) is 0 Å². The molecule has 0 unspecified atom stereocenters. The molecule has 21 heavy (non-hydrogen) atoms. The van der Waals surface area contributed by atoms with E-state index in [0.717, 1.165) is 15.5 Å². The minimum absolute atomic E-state index is 0.268. The summed E-state index contributed by atoms with van der Waals surface area (Å²) in [5, 5.41) is 19.9. The Morgan fingerprint density at radius 1 is 1.19 bits per heavy atom. The van der Waals surface area contributed by atoms with E-state index in [1.165, 1.54) is 28.5 Å². The van der Waals surface area contributed by atoms with Crippen molar-refractivity contribution in [2.45, 2.75) is 10.4 Å². The van der Waals surface area contributed by atoms with E-state index in [9.17, 15) is 5.11 Å². The lowest BCUT2D eigenvalue weighted by Gasteiger charge is -2.11. The molecule has 4 nitrogen and oxygen atoms in total. The Kier molecular flexibility index (Phi) is 4.69. The molecule has 0 fully saturated rings. The fourth-order valence-electron chi connectivity index (χ4n) is 1.89. The average molecular weight is 318 g/mol. The second-order valence-electron chi connectivity index (χ2n) is 4.49. The van der Waals surface area contributed by atoms with Crippen LogP contribution in [0.4, 0.5) is 0 Å². The van der Waals surface area contributed by atoms with Crippen LogP contribution in [0, 0.1) is 0 Å². The van der Waals surface area contributed by atoms with Gasteiger partial charge in [0.25, 0.3) is 0 Å². The van der Waals surface area contributed by atoms with Gasteiger partial charge < -0.3 is 9.84 Å². The Morgan fingerprint density at radius 2 is 2.05 bits per heavy atom. The van der Waals surface area contributed by atoms with Crippen molar-refractivity contribution >= 4 is 33.9 Å². The van der Waals surface area contributed by atoms with E-state index >= 15 is 0 Å². The van der Waals surface area contributed by atoms with E-state index < -0.39 is 6.10 Å². The molecule has 0 radical (unpaired) electrons. The van der Waals surface area contributed by atoms with Crippen LogP contribution in [0.1, 0.15) is 0 Å². The number of aromatic nitrogens is 2. The highest BCUT2D eigenvalue weighted by Gasteiger charge is 2.08. The van der Waals surface area contributed by atoms with Gasteiger partial charge in [-0.1, -0.05) is 53.4 Å². The zero-order chi connectivity index (χ0) is 14.5. The highest BCUT2D eigenvalue weighted by atomic mass is 32.2. The van der Waals surface area contributed by atoms with Crippen LogP contribution >= 0.6 is 23.1 Å². The zero-order valence-corrected chi connectivity index (χ0v) is 12.8. The Balaban J connectivity index is 1.53. The SMILES string of the molecule is O[C@H](COc1ccc2ccccc2c1)CSc1nncs1. The number of rotatable bonds is 6. The van der Waals surface area contributed by atoms with E-state index in [1.807, 2.05) is 36.4 Å². The lowest BCUT2D eigenvalue weighted by atomic mass is 10.1. The predicted octanol–water partition coefficient (Wildman–Crippen LogP) is 3.22. The van der Waals surface area contributed by atoms with Gasteiger partial charge in [0.1, 0.15) is 17.9 Å². The van der Waals surface area contributed by atoms with Crippen LogP contribution in [-0.4, -0.2) is 33.8 Å². The minimum Gasteiger partial charge on any atom is -0.491 e. The summed E-state index contributed by atoms with van der Waals surface area (Å²) in [4.78, 5) is 0. The van der Waals surface area contributed by atoms with Gasteiger partial charge in [-0.05, 0) is 22.9 Å². The van der Waals surface area contributed by atoms with E-state index in [2.05, 4.69) is 16.3 Å². The number of aliphatic hydroxyl groups excluding tert-OH is 1. The Labute approximate surface area is 130 Å². The molecule has 1 N–H and O–H groups in total. The Morgan fingerprint density at radius 3 is 2.86 bits per heavy atom. The van der Waals surface area contributed by atoms with Gasteiger partial charge >= 0.3 is 0 Å². The van der Waals surface area contributed by atoms with Crippen LogP contribution in [-0.2, 0) is 0 Å². The van der Waals surface area contributed by atoms with Crippen molar-refractivity contribution in [3.8, 4) is 5.75 Å². The third kappa shape index (κ3) is 3.93. The van der Waals surface area contributed by atoms with E-state index in [4.69, 9.17) is 4.74 Å². The maximum absolute atomic E-state index is 9.93. The molecule has 108 valence electrons. The summed E-state index contributed by atoms with van der Waals surface area (Å²) in [5.41, 5.74) is 1.68. The third-order valence-electron chi connectivity index (χ3n) is 2.90. The smallest absolute Gasteiger partial charge is 0.174 e. The predicted molar refractivity (Wildman–Crippen MR) is 86.1 cm³/mol. The van der Waals surface area contributed by atoms with Crippen LogP contribution in [0.25, 0.3) is 10.8 Å². The number of benzene rings is 2. The lowest BCUT2D eigenvalue weighted by Crippen LogP contribution is -2.20. The van der Waals surface area contributed by atoms with Crippen molar-refractivity contribution in [3.05, 3.63) is 48.0 Å². The standard InChI is InChI=1S/C15H14N2O2S2/c18-13(9-20-15-17-16-10-21-15)8-19-14-6-5-11-3-1-2-4-12(11)7-14/h1-7,10,13,18H,8-9H2/t13-/m1/s1. The van der Waals surface area contributed by atoms with E-state index in [0.29, 0.717) is 5.75 Å². The van der Waals surface area contributed by atoms with Gasteiger partial charge in [0.2, 0.25) is 0 Å². The van der Waals surface area contributed by atoms with E-state index in [1.54, 1.807) is 5.51 Å². The number of hydrogen-bond donors (Lipinski definition) is 1. The lowest BCUT2D eigenvalue weighted by molar-refractivity contribution is 0.126. The molecule has 1 aromatic heterocycles. The summed E-state index contributed by atoms with van der Waals surface area (Å²) in [6, 6.07) is 14.0. The number of hydrogen-bond acceptors (Lipinski definition) is 6. The summed E-state index contributed by atoms with van der Waals surface area (Å²) < 4.78 is 6.51. The molecule has 1 atom stereocenters. The van der Waals surface area contributed by atoms with Crippen LogP contribution in [0.3, 0.4) is 0 Å². The molecular formula is C15H14N2O2S2. The molecule has 6 heteroatoms. The van der Waals surface area contributed by atoms with E-state index in [-0.39, 0.29) is 6.61 Å². The molecule has 3 aromatic rings. The largest absolute Gasteiger partial charge is 0.491 e. The summed E-state index contributed by atoms with van der Waals surface area (Å²) >= 11 is 2.96. The maximum Gasteiger partial charge on any atom is 0.174 e. The Bertz CT molecular complexity index is 704. The van der Waals surface area contributed by atoms with Crippen molar-refractivity contribution in [2.75, 3.05) is 12.4 Å². The first kappa shape index (κ1) is 14.3. The summed E-state index contributed by atoms with van der Waals surface area (Å²) in [6.07, 6.45) is -0.537. The normalized spacial score (nSPS) is 12.4. The van der Waals surface area contributed by atoms with Crippen molar-refractivity contribution in [2.24, 2.45) is 0 Å². The molecule has 0 aliphatic heterocycles. The first-order valence-corrected chi connectivity index (χ1v) is 8.36. The summed E-state index contributed by atoms with van der Waals surface area (Å²) in [7, 11) is 0. The fraction of sp³-hybridized carbons (Fsp3) is 0.200. The highest BCUT2D eigenvalue weighted by Crippen LogP contribution is 2.22. The monoisotopic (exact) mass is 318 g/mol. The first-order valence-electron chi connectivity index (χ1n) is 6.50. The number of ether oxygens (including phenoxy) is 1. The van der Waals surface area contributed by atoms with Gasteiger partial charge in [0.15, 0.2) is 4.34 Å². The number of aliphatic hydroxyl groups is 1. The average Bonchev–Trinajstić information content (AvgIpc) is 3.04. The fourth-order valence-corrected chi connectivity index (χ4v) is 3.31. The minimum atomic E-state index is -0.537. The van der Waals surface area contributed by atoms with Crippen molar-refractivity contribution < 1.29 is 9.84 Å². The van der Waals surface area contributed by atoms with Crippen molar-refractivity contribution in [3.63, 3.8) is 0 Å². The molecule has 3 rings (SSSR count). The molecule has 0 aliphatic carbocycles. The van der Waals surface area contributed by atoms with Gasteiger partial charge in [0, 0.05) is 5.75 Å². The summed E-state index contributed by atoms with van der Waals surface area (Å²) in [6.45, 7) is 0.268. The Hall–Kier alpha value is -1.63. The van der Waals surface area contributed by atoms with Gasteiger partial charge in [-0.15, -0.1) is 10.2 Å². The number of nitrogens with zero attached hydrogens (tertiary/aromatic N) is 2. The van der Waals surface area contributed by atoms with Crippen molar-refractivity contribution in [1.29, 1.82) is 0 Å². The van der Waals surface area contributed by atoms with Crippen LogP contribution in [0.5, 0.6) is 5.75 Å². The highest BCUT2D eigenvalue weighted by molar-refractivity contribution is 8.01. The van der Waals surface area contributed by atoms with Gasteiger partial charge in [0.05, 0.1) is 6.10 Å². The second kappa shape index (κ2) is 6.89. The molecule has 1 heterocycles. The summed E-state index contributed by atoms with van der Waals surface area (Å²) in [5.74, 6) is 1.32. The second-order valence-corrected chi connectivity index (χ2v) is 6.59. The van der Waals surface area contributed by atoms with Crippen LogP contribution in [0.2, 0.25) is 0 Å². The van der Waals surface area contributed by atoms with Gasteiger partial charge in [-0.25, -0.2) is 0 Å². The molecule has 0 spiro atoms. The first-order chi connectivity index (χ1) is 10.3. The molecule has 0 saturated carbocycles. The molecule has 0 saturated heterocycles. The third-order valence-corrected chi connectivity index (χ3v) is 4.91. The van der Waals surface area contributed by atoms with Gasteiger partial charge in [-0.3, -0.25) is 0 Å². The maximum atomic E-state index is 9.93. The molecule has 2 aromatic carbocycles. The number of fused-ring (bicyclic) bond motifs is 1. The zero-order valence-electron chi connectivity index (χ0n) is 11.2. The molecule has 0 bridgehead atoms. The quantitative estimate of drug-likeness (QED) is 0.707. The van der Waals surface area contributed by atoms with Crippen LogP contribution < -0.4 is 4.74 Å². The van der Waals surface area contributed by atoms with Crippen molar-refractivity contribution in [1.82, 2.24) is 10.2 Å². The molecule has 0 amide bonds. The molecular weight excluding hydrogens is 304 g/mol.